The molecule has 2 N–H and O–H groups in total. The molecule has 0 aliphatic carbocycles. The highest BCUT2D eigenvalue weighted by molar-refractivity contribution is 9.10. The number of aromatic nitrogens is 1. The summed E-state index contributed by atoms with van der Waals surface area (Å²) in [5.74, 6) is -2.63. The van der Waals surface area contributed by atoms with E-state index in [0.29, 0.717) is 21.3 Å². The predicted molar refractivity (Wildman–Crippen MR) is 212 cm³/mol. The lowest BCUT2D eigenvalue weighted by molar-refractivity contribution is -0.117. The molecule has 5 aromatic carbocycles. The van der Waals surface area contributed by atoms with Crippen LogP contribution in [-0.4, -0.2) is 22.0 Å². The number of Topliss-reactive ketones (excluding diaryl/α,β-unsaturated/α-hetero) is 2. The maximum absolute atomic E-state index is 14.1. The Kier molecular flexibility index (Phi) is 14.0. The van der Waals surface area contributed by atoms with E-state index in [1.807, 2.05) is 47.9 Å². The molecule has 6 aromatic rings. The lowest BCUT2D eigenvalue weighted by Gasteiger charge is -2.16. The minimum absolute atomic E-state index is 0.0479. The molecule has 0 atom stereocenters. The van der Waals surface area contributed by atoms with Crippen molar-refractivity contribution in [3.05, 3.63) is 169 Å². The van der Waals surface area contributed by atoms with Crippen LogP contribution in [0, 0.1) is 30.2 Å². The third kappa shape index (κ3) is 10.8. The number of aryl methyl sites for hydroxylation is 1. The fourth-order valence-corrected chi connectivity index (χ4v) is 6.28. The van der Waals surface area contributed by atoms with Gasteiger partial charge in [0.2, 0.25) is 5.91 Å². The van der Waals surface area contributed by atoms with E-state index in [9.17, 15) is 31.9 Å². The van der Waals surface area contributed by atoms with E-state index in [1.165, 1.54) is 25.1 Å². The standard InChI is InChI=1S/C25H19BrF2N2O2.C18H15BrF2O3/c1-15-2-10-23(30(15)20-8-4-16(5-9-20)25(29)31)21-12-18(26)6-11-24(21)32-14-17-3-7-19(27)13-22(17)28;1-11(22)2-6-17(23)15-8-13(19)4-7-18(15)24-10-12-3-5-14(20)9-16(12)21/h2-13H,14H2,1H3,(H2,29,31);3-5,7-9H,2,6,10H2,1H3. The first kappa shape index (κ1) is 41.6. The Morgan fingerprint density at radius 1 is 0.661 bits per heavy atom. The number of ether oxygens (including phenoxy) is 2. The van der Waals surface area contributed by atoms with Crippen LogP contribution < -0.4 is 15.2 Å². The lowest BCUT2D eigenvalue weighted by atomic mass is 10.0. The van der Waals surface area contributed by atoms with Gasteiger partial charge < -0.3 is 24.6 Å². The summed E-state index contributed by atoms with van der Waals surface area (Å²) < 4.78 is 68.9. The monoisotopic (exact) mass is 892 g/mol. The van der Waals surface area contributed by atoms with E-state index < -0.39 is 29.2 Å². The molecule has 288 valence electrons. The summed E-state index contributed by atoms with van der Waals surface area (Å²) in [4.78, 5) is 34.7. The minimum atomic E-state index is -0.712. The predicted octanol–water partition coefficient (Wildman–Crippen LogP) is 11.0. The van der Waals surface area contributed by atoms with Crippen molar-refractivity contribution in [2.45, 2.75) is 39.9 Å². The van der Waals surface area contributed by atoms with E-state index >= 15 is 0 Å². The zero-order chi connectivity index (χ0) is 40.5. The van der Waals surface area contributed by atoms with E-state index in [0.717, 1.165) is 45.3 Å². The molecule has 0 saturated carbocycles. The Morgan fingerprint density at radius 2 is 1.21 bits per heavy atom. The molecule has 0 bridgehead atoms. The quantitative estimate of drug-likeness (QED) is 0.0919. The van der Waals surface area contributed by atoms with Gasteiger partial charge in [0.05, 0.1) is 11.3 Å². The van der Waals surface area contributed by atoms with E-state index in [2.05, 4.69) is 31.9 Å². The summed E-state index contributed by atoms with van der Waals surface area (Å²) in [5.41, 5.74) is 9.99. The third-order valence-electron chi connectivity index (χ3n) is 8.45. The van der Waals surface area contributed by atoms with Crippen LogP contribution in [0.1, 0.15) is 57.3 Å². The zero-order valence-corrected chi connectivity index (χ0v) is 33.2. The van der Waals surface area contributed by atoms with E-state index in [1.54, 1.807) is 36.4 Å². The Morgan fingerprint density at radius 3 is 1.77 bits per heavy atom. The van der Waals surface area contributed by atoms with Crippen molar-refractivity contribution in [2.75, 3.05) is 0 Å². The van der Waals surface area contributed by atoms with Crippen molar-refractivity contribution in [3.63, 3.8) is 0 Å². The van der Waals surface area contributed by atoms with Crippen molar-refractivity contribution in [1.82, 2.24) is 4.57 Å². The summed E-state index contributed by atoms with van der Waals surface area (Å²) in [6.45, 7) is 3.20. The molecule has 1 amide bonds. The molecule has 0 spiro atoms. The molecule has 1 aromatic heterocycles. The molecule has 1 heterocycles. The van der Waals surface area contributed by atoms with Crippen LogP contribution in [0.3, 0.4) is 0 Å². The number of rotatable bonds is 13. The molecule has 0 unspecified atom stereocenters. The van der Waals surface area contributed by atoms with Gasteiger partial charge in [0.1, 0.15) is 53.8 Å². The van der Waals surface area contributed by atoms with E-state index in [-0.39, 0.29) is 54.5 Å². The first-order valence-electron chi connectivity index (χ1n) is 17.0. The summed E-state index contributed by atoms with van der Waals surface area (Å²) in [6, 6.07) is 28.0. The van der Waals surface area contributed by atoms with Gasteiger partial charge >= 0.3 is 0 Å². The first-order valence-corrected chi connectivity index (χ1v) is 18.6. The maximum atomic E-state index is 14.1. The minimum Gasteiger partial charge on any atom is -0.488 e. The average molecular weight is 895 g/mol. The second kappa shape index (κ2) is 18.9. The Hall–Kier alpha value is -5.53. The van der Waals surface area contributed by atoms with Crippen LogP contribution in [0.25, 0.3) is 16.9 Å². The summed E-state index contributed by atoms with van der Waals surface area (Å²) in [7, 11) is 0. The zero-order valence-electron chi connectivity index (χ0n) is 30.1. The lowest BCUT2D eigenvalue weighted by Crippen LogP contribution is -2.11. The number of halogens is 6. The van der Waals surface area contributed by atoms with Gasteiger partial charge in [-0.05, 0) is 111 Å². The van der Waals surface area contributed by atoms with Crippen molar-refractivity contribution in [3.8, 4) is 28.4 Å². The maximum Gasteiger partial charge on any atom is 0.248 e. The Bertz CT molecular complexity index is 2400. The molecule has 0 saturated heterocycles. The number of hydrogen-bond acceptors (Lipinski definition) is 5. The van der Waals surface area contributed by atoms with Gasteiger partial charge in [0, 0.05) is 67.6 Å². The van der Waals surface area contributed by atoms with Gasteiger partial charge in [-0.2, -0.15) is 0 Å². The number of amides is 1. The smallest absolute Gasteiger partial charge is 0.248 e. The fraction of sp³-hybridized carbons (Fsp3) is 0.140. The van der Waals surface area contributed by atoms with Crippen LogP contribution in [0.4, 0.5) is 17.6 Å². The SMILES string of the molecule is CC(=O)CCC(=O)c1cc(Br)ccc1OCc1ccc(F)cc1F.Cc1ccc(-c2cc(Br)ccc2OCc2ccc(F)cc2F)n1-c1ccc(C(N)=O)cc1. The van der Waals surface area contributed by atoms with Crippen molar-refractivity contribution >= 4 is 49.3 Å². The molecule has 56 heavy (non-hydrogen) atoms. The summed E-state index contributed by atoms with van der Waals surface area (Å²) in [5, 5.41) is 0. The van der Waals surface area contributed by atoms with Crippen LogP contribution in [0.2, 0.25) is 0 Å². The number of benzene rings is 5. The van der Waals surface area contributed by atoms with Gasteiger partial charge in [0.15, 0.2) is 5.78 Å². The average Bonchev–Trinajstić information content (AvgIpc) is 3.55. The Balaban J connectivity index is 0.000000224. The normalized spacial score (nSPS) is 10.7. The topological polar surface area (TPSA) is 101 Å². The second-order valence-corrected chi connectivity index (χ2v) is 14.4. The van der Waals surface area contributed by atoms with Crippen LogP contribution in [0.5, 0.6) is 11.5 Å². The van der Waals surface area contributed by atoms with Crippen LogP contribution in [-0.2, 0) is 18.0 Å². The molecule has 13 heteroatoms. The largest absolute Gasteiger partial charge is 0.488 e. The molecule has 7 nitrogen and oxygen atoms in total. The van der Waals surface area contributed by atoms with Gasteiger partial charge in [-0.15, -0.1) is 0 Å². The molecule has 6 rings (SSSR count). The van der Waals surface area contributed by atoms with Crippen molar-refractivity contribution in [1.29, 1.82) is 0 Å². The van der Waals surface area contributed by atoms with Crippen molar-refractivity contribution < 1.29 is 41.4 Å². The number of nitrogens with two attached hydrogens (primary N) is 1. The number of ketones is 2. The molecule has 0 radical (unpaired) electrons. The highest BCUT2D eigenvalue weighted by Gasteiger charge is 2.17. The second-order valence-electron chi connectivity index (χ2n) is 12.6. The summed E-state index contributed by atoms with van der Waals surface area (Å²) >= 11 is 6.79. The third-order valence-corrected chi connectivity index (χ3v) is 9.43. The molecule has 0 fully saturated rings. The molecule has 0 aliphatic heterocycles. The highest BCUT2D eigenvalue weighted by atomic mass is 79.9. The van der Waals surface area contributed by atoms with Gasteiger partial charge in [0.25, 0.3) is 0 Å². The first-order chi connectivity index (χ1) is 26.7. The van der Waals surface area contributed by atoms with Crippen molar-refractivity contribution in [2.24, 2.45) is 5.73 Å². The molecular weight excluding hydrogens is 860 g/mol. The molecular formula is C43H34Br2F4N2O5. The number of carbonyl (C=O) groups is 3. The van der Waals surface area contributed by atoms with Crippen LogP contribution >= 0.6 is 31.9 Å². The Labute approximate surface area is 337 Å². The van der Waals surface area contributed by atoms with Gasteiger partial charge in [-0.1, -0.05) is 31.9 Å². The number of nitrogens with zero attached hydrogens (tertiary/aromatic N) is 1. The molecule has 0 aliphatic rings. The van der Waals surface area contributed by atoms with E-state index in [4.69, 9.17) is 15.2 Å². The van der Waals surface area contributed by atoms with Gasteiger partial charge in [-0.3, -0.25) is 9.59 Å². The highest BCUT2D eigenvalue weighted by Crippen LogP contribution is 2.36. The van der Waals surface area contributed by atoms with Gasteiger partial charge in [-0.25, -0.2) is 17.6 Å². The number of carbonyl (C=O) groups excluding carboxylic acids is 3. The van der Waals surface area contributed by atoms with Crippen LogP contribution in [0.15, 0.2) is 118 Å². The number of hydrogen-bond donors (Lipinski definition) is 1. The number of primary amides is 1. The fourth-order valence-electron chi connectivity index (χ4n) is 5.55. The summed E-state index contributed by atoms with van der Waals surface area (Å²) in [6.07, 6.45) is 0.227.